The number of hydrogen-bond donors (Lipinski definition) is 1. The summed E-state index contributed by atoms with van der Waals surface area (Å²) in [6, 6.07) is 9.42. The molecular weight excluding hydrogens is 474 g/mol. The lowest BCUT2D eigenvalue weighted by atomic mass is 10.1. The average molecular weight is 495 g/mol. The first-order valence-corrected chi connectivity index (χ1v) is 10.2. The van der Waals surface area contributed by atoms with Crippen LogP contribution in [0.25, 0.3) is 6.08 Å². The van der Waals surface area contributed by atoms with E-state index in [-0.39, 0.29) is 11.7 Å². The molecule has 0 amide bonds. The minimum atomic E-state index is -0.995. The van der Waals surface area contributed by atoms with Gasteiger partial charge in [0.25, 0.3) is 0 Å². The van der Waals surface area contributed by atoms with E-state index in [2.05, 4.69) is 20.9 Å². The number of esters is 1. The summed E-state index contributed by atoms with van der Waals surface area (Å²) >= 11 is 9.20. The molecule has 0 spiro atoms. The Morgan fingerprint density at radius 3 is 2.40 bits per heavy atom. The molecule has 0 radical (unpaired) electrons. The smallest absolute Gasteiger partial charge is 0.336 e. The zero-order valence-corrected chi connectivity index (χ0v) is 19.0. The summed E-state index contributed by atoms with van der Waals surface area (Å²) in [5.41, 5.74) is 1.40. The number of carbonyl (C=O) groups is 2. The second kappa shape index (κ2) is 10.9. The molecule has 0 aromatic heterocycles. The van der Waals surface area contributed by atoms with Crippen molar-refractivity contribution in [1.29, 1.82) is 0 Å². The standard InChI is InChI=1S/C22H21BrClNO5/c1-13(2)20(22(27)28)25-12-15-10-17(23)21(18(11-15)29-3)30-19(26)9-6-14-4-7-16(24)8-5-14/h4-13,20H,1-3H3,(H,27,28)/b9-6+,25-12?. The van der Waals surface area contributed by atoms with Gasteiger partial charge in [-0.2, -0.15) is 0 Å². The predicted octanol–water partition coefficient (Wildman–Crippen LogP) is 5.26. The number of hydrogen-bond acceptors (Lipinski definition) is 5. The Hall–Kier alpha value is -2.64. The van der Waals surface area contributed by atoms with E-state index in [4.69, 9.17) is 21.1 Å². The number of aliphatic carboxylic acids is 1. The molecule has 0 aliphatic carbocycles. The molecule has 30 heavy (non-hydrogen) atoms. The molecule has 0 aliphatic rings. The number of carbonyl (C=O) groups excluding carboxylic acids is 1. The lowest BCUT2D eigenvalue weighted by molar-refractivity contribution is -0.139. The Bertz CT molecular complexity index is 970. The van der Waals surface area contributed by atoms with E-state index in [1.54, 1.807) is 56.3 Å². The lowest BCUT2D eigenvalue weighted by Gasteiger charge is -2.12. The third kappa shape index (κ3) is 6.71. The van der Waals surface area contributed by atoms with Crippen molar-refractivity contribution >= 4 is 51.8 Å². The number of methoxy groups -OCH3 is 1. The topological polar surface area (TPSA) is 85.2 Å². The third-order valence-corrected chi connectivity index (χ3v) is 4.85. The molecule has 2 aromatic carbocycles. The molecule has 1 N–H and O–H groups in total. The summed E-state index contributed by atoms with van der Waals surface area (Å²) in [6.45, 7) is 3.57. The molecule has 0 saturated carbocycles. The summed E-state index contributed by atoms with van der Waals surface area (Å²) in [5, 5.41) is 9.86. The lowest BCUT2D eigenvalue weighted by Crippen LogP contribution is -2.24. The van der Waals surface area contributed by atoms with Gasteiger partial charge in [0.1, 0.15) is 6.04 Å². The zero-order valence-electron chi connectivity index (χ0n) is 16.6. The Labute approximate surface area is 188 Å². The summed E-state index contributed by atoms with van der Waals surface area (Å²) in [7, 11) is 1.44. The van der Waals surface area contributed by atoms with E-state index in [1.165, 1.54) is 19.4 Å². The number of halogens is 2. The van der Waals surface area contributed by atoms with Gasteiger partial charge in [-0.05, 0) is 63.3 Å². The van der Waals surface area contributed by atoms with Gasteiger partial charge in [-0.25, -0.2) is 9.59 Å². The number of benzene rings is 2. The molecule has 0 heterocycles. The second-order valence-corrected chi connectivity index (χ2v) is 7.94. The summed E-state index contributed by atoms with van der Waals surface area (Å²) < 4.78 is 11.2. The van der Waals surface area contributed by atoms with E-state index in [0.717, 1.165) is 5.56 Å². The molecule has 2 rings (SSSR count). The minimum absolute atomic E-state index is 0.156. The van der Waals surface area contributed by atoms with Crippen LogP contribution in [0.2, 0.25) is 5.02 Å². The molecule has 0 fully saturated rings. The first kappa shape index (κ1) is 23.6. The Kier molecular flexibility index (Phi) is 8.62. The summed E-state index contributed by atoms with van der Waals surface area (Å²) in [5.74, 6) is -1.23. The van der Waals surface area contributed by atoms with Crippen LogP contribution < -0.4 is 9.47 Å². The zero-order chi connectivity index (χ0) is 22.3. The van der Waals surface area contributed by atoms with Gasteiger partial charge < -0.3 is 14.6 Å². The number of carboxylic acids is 1. The Balaban J connectivity index is 2.19. The molecule has 1 unspecified atom stereocenters. The van der Waals surface area contributed by atoms with Gasteiger partial charge in [0.2, 0.25) is 0 Å². The van der Waals surface area contributed by atoms with Crippen molar-refractivity contribution in [2.24, 2.45) is 10.9 Å². The number of nitrogens with zero attached hydrogens (tertiary/aromatic N) is 1. The molecule has 158 valence electrons. The largest absolute Gasteiger partial charge is 0.493 e. The van der Waals surface area contributed by atoms with Crippen LogP contribution >= 0.6 is 27.5 Å². The van der Waals surface area contributed by atoms with Crippen molar-refractivity contribution in [3.05, 3.63) is 63.1 Å². The van der Waals surface area contributed by atoms with Gasteiger partial charge in [0, 0.05) is 17.3 Å². The van der Waals surface area contributed by atoms with Crippen LogP contribution in [0.5, 0.6) is 11.5 Å². The molecular formula is C22H21BrClNO5. The van der Waals surface area contributed by atoms with Crippen LogP contribution in [-0.2, 0) is 9.59 Å². The highest BCUT2D eigenvalue weighted by atomic mass is 79.9. The van der Waals surface area contributed by atoms with Gasteiger partial charge in [-0.3, -0.25) is 4.99 Å². The minimum Gasteiger partial charge on any atom is -0.493 e. The van der Waals surface area contributed by atoms with E-state index in [1.807, 2.05) is 0 Å². The highest BCUT2D eigenvalue weighted by molar-refractivity contribution is 9.10. The van der Waals surface area contributed by atoms with Crippen LogP contribution in [0.3, 0.4) is 0 Å². The predicted molar refractivity (Wildman–Crippen MR) is 121 cm³/mol. The molecule has 2 aromatic rings. The monoisotopic (exact) mass is 493 g/mol. The van der Waals surface area contributed by atoms with Crippen molar-refractivity contribution < 1.29 is 24.2 Å². The Morgan fingerprint density at radius 2 is 1.83 bits per heavy atom. The van der Waals surface area contributed by atoms with Gasteiger partial charge in [-0.15, -0.1) is 0 Å². The Morgan fingerprint density at radius 1 is 1.17 bits per heavy atom. The van der Waals surface area contributed by atoms with Crippen LogP contribution in [0, 0.1) is 5.92 Å². The maximum atomic E-state index is 12.2. The molecule has 6 nitrogen and oxygen atoms in total. The van der Waals surface area contributed by atoms with Crippen LogP contribution in [0.15, 0.2) is 51.9 Å². The van der Waals surface area contributed by atoms with Crippen LogP contribution in [-0.4, -0.2) is 36.4 Å². The number of rotatable bonds is 8. The molecule has 0 bridgehead atoms. The fraction of sp³-hybridized carbons (Fsp3) is 0.227. The number of aliphatic imine (C=N–C) groups is 1. The maximum Gasteiger partial charge on any atom is 0.336 e. The van der Waals surface area contributed by atoms with E-state index in [9.17, 15) is 14.7 Å². The first-order valence-electron chi connectivity index (χ1n) is 9.00. The highest BCUT2D eigenvalue weighted by Gasteiger charge is 2.20. The van der Waals surface area contributed by atoms with Crippen molar-refractivity contribution in [1.82, 2.24) is 0 Å². The maximum absolute atomic E-state index is 12.2. The fourth-order valence-corrected chi connectivity index (χ4v) is 3.14. The van der Waals surface area contributed by atoms with Crippen molar-refractivity contribution in [3.8, 4) is 11.5 Å². The van der Waals surface area contributed by atoms with Crippen LogP contribution in [0.4, 0.5) is 0 Å². The average Bonchev–Trinajstić information content (AvgIpc) is 2.68. The fourth-order valence-electron chi connectivity index (χ4n) is 2.47. The van der Waals surface area contributed by atoms with Gasteiger partial charge >= 0.3 is 11.9 Å². The van der Waals surface area contributed by atoms with Gasteiger partial charge in [0.05, 0.1) is 11.6 Å². The molecule has 0 aliphatic heterocycles. The molecule has 8 heteroatoms. The van der Waals surface area contributed by atoms with Gasteiger partial charge in [-0.1, -0.05) is 37.6 Å². The highest BCUT2D eigenvalue weighted by Crippen LogP contribution is 2.36. The van der Waals surface area contributed by atoms with Crippen LogP contribution in [0.1, 0.15) is 25.0 Å². The van der Waals surface area contributed by atoms with E-state index in [0.29, 0.717) is 20.8 Å². The first-order chi connectivity index (χ1) is 14.2. The summed E-state index contributed by atoms with van der Waals surface area (Å²) in [6.07, 6.45) is 4.36. The van der Waals surface area contributed by atoms with Crippen molar-refractivity contribution in [2.45, 2.75) is 19.9 Å². The van der Waals surface area contributed by atoms with Gasteiger partial charge in [0.15, 0.2) is 11.5 Å². The number of ether oxygens (including phenoxy) is 2. The van der Waals surface area contributed by atoms with Crippen molar-refractivity contribution in [3.63, 3.8) is 0 Å². The summed E-state index contributed by atoms with van der Waals surface area (Å²) in [4.78, 5) is 27.7. The normalized spacial score (nSPS) is 12.5. The molecule has 0 saturated heterocycles. The van der Waals surface area contributed by atoms with E-state index < -0.39 is 18.0 Å². The SMILES string of the molecule is COc1cc(C=NC(C(=O)O)C(C)C)cc(Br)c1OC(=O)/C=C/c1ccc(Cl)cc1. The quantitative estimate of drug-likeness (QED) is 0.234. The third-order valence-electron chi connectivity index (χ3n) is 4.00. The van der Waals surface area contributed by atoms with Crippen molar-refractivity contribution in [2.75, 3.05) is 7.11 Å². The number of carboxylic acid groups (broad SMARTS) is 1. The van der Waals surface area contributed by atoms with E-state index >= 15 is 0 Å². The molecule has 1 atom stereocenters. The second-order valence-electron chi connectivity index (χ2n) is 6.65.